The molecule has 0 N–H and O–H groups in total. The fourth-order valence-corrected chi connectivity index (χ4v) is 2.72. The van der Waals surface area contributed by atoms with Crippen LogP contribution in [0.2, 0.25) is 5.02 Å². The van der Waals surface area contributed by atoms with Crippen LogP contribution < -0.4 is 4.90 Å². The van der Waals surface area contributed by atoms with Crippen LogP contribution in [0, 0.1) is 17.2 Å². The molecule has 1 saturated heterocycles. The third-order valence-electron chi connectivity index (χ3n) is 3.72. The van der Waals surface area contributed by atoms with Gasteiger partial charge in [-0.3, -0.25) is 4.79 Å². The summed E-state index contributed by atoms with van der Waals surface area (Å²) in [6.07, 6.45) is 2.32. The molecule has 0 spiro atoms. The molecule has 1 aromatic carbocycles. The van der Waals surface area contributed by atoms with E-state index < -0.39 is 0 Å². The molecule has 1 aliphatic rings. The van der Waals surface area contributed by atoms with Crippen molar-refractivity contribution in [1.29, 1.82) is 5.26 Å². The van der Waals surface area contributed by atoms with Gasteiger partial charge in [0.15, 0.2) is 0 Å². The number of rotatable bonds is 3. The first-order valence-electron chi connectivity index (χ1n) is 6.65. The maximum atomic E-state index is 11.3. The lowest BCUT2D eigenvalue weighted by Crippen LogP contribution is -2.34. The number of carbonyl (C=O) groups excluding carboxylic acids is 1. The molecule has 106 valence electrons. The summed E-state index contributed by atoms with van der Waals surface area (Å²) in [6.45, 7) is 1.66. The minimum absolute atomic E-state index is 0.149. The Morgan fingerprint density at radius 1 is 1.50 bits per heavy atom. The van der Waals surface area contributed by atoms with Crippen molar-refractivity contribution in [2.24, 2.45) is 5.92 Å². The van der Waals surface area contributed by atoms with Crippen LogP contribution in [-0.4, -0.2) is 26.2 Å². The van der Waals surface area contributed by atoms with Crippen LogP contribution in [0.3, 0.4) is 0 Å². The normalized spacial score (nSPS) is 15.8. The molecule has 20 heavy (non-hydrogen) atoms. The molecule has 0 aliphatic carbocycles. The molecule has 0 bridgehead atoms. The van der Waals surface area contributed by atoms with Crippen LogP contribution in [0.5, 0.6) is 0 Å². The molecule has 4 nitrogen and oxygen atoms in total. The molecule has 5 heteroatoms. The molecule has 1 fully saturated rings. The first kappa shape index (κ1) is 14.7. The number of esters is 1. The summed E-state index contributed by atoms with van der Waals surface area (Å²) in [5, 5.41) is 9.80. The van der Waals surface area contributed by atoms with Crippen LogP contribution in [-0.2, 0) is 9.53 Å². The van der Waals surface area contributed by atoms with Gasteiger partial charge in [-0.1, -0.05) is 11.6 Å². The van der Waals surface area contributed by atoms with E-state index in [1.54, 1.807) is 12.1 Å². The van der Waals surface area contributed by atoms with E-state index in [0.29, 0.717) is 22.9 Å². The lowest BCUT2D eigenvalue weighted by molar-refractivity contribution is -0.141. The van der Waals surface area contributed by atoms with Gasteiger partial charge in [0.25, 0.3) is 0 Å². The Kier molecular flexibility index (Phi) is 4.86. The Balaban J connectivity index is 2.02. The number of carbonyl (C=O) groups is 1. The lowest BCUT2D eigenvalue weighted by Gasteiger charge is -2.33. The summed E-state index contributed by atoms with van der Waals surface area (Å²) in [5.41, 5.74) is 1.53. The van der Waals surface area contributed by atoms with E-state index in [9.17, 15) is 4.79 Å². The van der Waals surface area contributed by atoms with Crippen LogP contribution in [0.15, 0.2) is 18.2 Å². The molecule has 0 saturated carbocycles. The van der Waals surface area contributed by atoms with Crippen LogP contribution in [0.25, 0.3) is 0 Å². The highest BCUT2D eigenvalue weighted by Crippen LogP contribution is 2.29. The van der Waals surface area contributed by atoms with Gasteiger partial charge in [-0.15, -0.1) is 0 Å². The van der Waals surface area contributed by atoms with E-state index in [1.165, 1.54) is 7.11 Å². The lowest BCUT2D eigenvalue weighted by atomic mass is 9.93. The summed E-state index contributed by atoms with van der Waals surface area (Å²) < 4.78 is 4.70. The van der Waals surface area contributed by atoms with E-state index in [1.807, 2.05) is 6.07 Å². The zero-order valence-electron chi connectivity index (χ0n) is 11.4. The maximum absolute atomic E-state index is 11.3. The van der Waals surface area contributed by atoms with Crippen molar-refractivity contribution in [2.75, 3.05) is 25.1 Å². The second-order valence-electron chi connectivity index (χ2n) is 4.98. The molecular formula is C15H17ClN2O2. The van der Waals surface area contributed by atoms with Gasteiger partial charge in [0.1, 0.15) is 6.07 Å². The molecule has 0 aromatic heterocycles. The van der Waals surface area contributed by atoms with Crippen molar-refractivity contribution in [3.8, 4) is 6.07 Å². The number of hydrogen-bond acceptors (Lipinski definition) is 4. The molecule has 0 amide bonds. The second kappa shape index (κ2) is 6.62. The highest BCUT2D eigenvalue weighted by Gasteiger charge is 2.23. The van der Waals surface area contributed by atoms with Crippen LogP contribution in [0.1, 0.15) is 24.8 Å². The summed E-state index contributed by atoms with van der Waals surface area (Å²) >= 11 is 6.01. The van der Waals surface area contributed by atoms with Crippen molar-refractivity contribution in [3.63, 3.8) is 0 Å². The maximum Gasteiger partial charge on any atom is 0.305 e. The van der Waals surface area contributed by atoms with E-state index in [0.717, 1.165) is 31.6 Å². The molecule has 1 aliphatic heterocycles. The van der Waals surface area contributed by atoms with Crippen molar-refractivity contribution in [1.82, 2.24) is 0 Å². The Labute approximate surface area is 123 Å². The number of piperidine rings is 1. The van der Waals surface area contributed by atoms with E-state index in [2.05, 4.69) is 11.0 Å². The fourth-order valence-electron chi connectivity index (χ4n) is 2.56. The Morgan fingerprint density at radius 2 is 2.20 bits per heavy atom. The first-order chi connectivity index (χ1) is 9.63. The number of methoxy groups -OCH3 is 1. The molecule has 1 heterocycles. The molecule has 0 atom stereocenters. The van der Waals surface area contributed by atoms with Gasteiger partial charge in [-0.2, -0.15) is 5.26 Å². The van der Waals surface area contributed by atoms with Crippen molar-refractivity contribution >= 4 is 23.3 Å². The van der Waals surface area contributed by atoms with Gasteiger partial charge >= 0.3 is 5.97 Å². The predicted molar refractivity (Wildman–Crippen MR) is 77.7 cm³/mol. The third kappa shape index (κ3) is 3.43. The topological polar surface area (TPSA) is 53.3 Å². The quantitative estimate of drug-likeness (QED) is 0.804. The molecule has 0 unspecified atom stereocenters. The minimum atomic E-state index is -0.149. The number of hydrogen-bond donors (Lipinski definition) is 0. The number of anilines is 1. The van der Waals surface area contributed by atoms with Crippen molar-refractivity contribution < 1.29 is 9.53 Å². The second-order valence-corrected chi connectivity index (χ2v) is 5.42. The number of halogens is 1. The predicted octanol–water partition coefficient (Wildman–Crippen LogP) is 2.99. The van der Waals surface area contributed by atoms with Gasteiger partial charge in [0.2, 0.25) is 0 Å². The summed E-state index contributed by atoms with van der Waals surface area (Å²) in [4.78, 5) is 13.4. The number of benzene rings is 1. The van der Waals surface area contributed by atoms with Gasteiger partial charge in [-0.25, -0.2) is 0 Å². The summed E-state index contributed by atoms with van der Waals surface area (Å²) in [6, 6.07) is 7.51. The highest BCUT2D eigenvalue weighted by molar-refractivity contribution is 6.30. The molecule has 0 radical (unpaired) electrons. The van der Waals surface area contributed by atoms with E-state index in [4.69, 9.17) is 21.6 Å². The first-order valence-corrected chi connectivity index (χ1v) is 7.03. The average Bonchev–Trinajstić information content (AvgIpc) is 2.48. The van der Waals surface area contributed by atoms with Gasteiger partial charge in [0, 0.05) is 24.5 Å². The van der Waals surface area contributed by atoms with Crippen molar-refractivity contribution in [3.05, 3.63) is 28.8 Å². The number of nitrogens with zero attached hydrogens (tertiary/aromatic N) is 2. The zero-order valence-corrected chi connectivity index (χ0v) is 12.2. The Hall–Kier alpha value is -1.73. The standard InChI is InChI=1S/C15H17ClN2O2/c1-20-15(19)8-11-4-6-18(7-5-11)14-9-13(16)3-2-12(14)10-17/h2-3,9,11H,4-8H2,1H3. The number of ether oxygens (including phenoxy) is 1. The number of nitriles is 1. The van der Waals surface area contributed by atoms with Gasteiger partial charge in [0.05, 0.1) is 18.4 Å². The van der Waals surface area contributed by atoms with Gasteiger partial charge < -0.3 is 9.64 Å². The molecule has 1 aromatic rings. The Bertz CT molecular complexity index is 531. The smallest absolute Gasteiger partial charge is 0.305 e. The Morgan fingerprint density at radius 3 is 2.80 bits per heavy atom. The molecular weight excluding hydrogens is 276 g/mol. The molecule has 2 rings (SSSR count). The summed E-state index contributed by atoms with van der Waals surface area (Å²) in [7, 11) is 1.42. The van der Waals surface area contributed by atoms with Gasteiger partial charge in [-0.05, 0) is 37.0 Å². The van der Waals surface area contributed by atoms with E-state index in [-0.39, 0.29) is 5.97 Å². The monoisotopic (exact) mass is 292 g/mol. The highest BCUT2D eigenvalue weighted by atomic mass is 35.5. The SMILES string of the molecule is COC(=O)CC1CCN(c2cc(Cl)ccc2C#N)CC1. The third-order valence-corrected chi connectivity index (χ3v) is 3.95. The largest absolute Gasteiger partial charge is 0.469 e. The zero-order chi connectivity index (χ0) is 14.5. The average molecular weight is 293 g/mol. The fraction of sp³-hybridized carbons (Fsp3) is 0.467. The van der Waals surface area contributed by atoms with Crippen LogP contribution >= 0.6 is 11.6 Å². The van der Waals surface area contributed by atoms with E-state index >= 15 is 0 Å². The minimum Gasteiger partial charge on any atom is -0.469 e. The summed E-state index contributed by atoms with van der Waals surface area (Å²) in [5.74, 6) is 0.215. The van der Waals surface area contributed by atoms with Crippen molar-refractivity contribution in [2.45, 2.75) is 19.3 Å². The van der Waals surface area contributed by atoms with Crippen LogP contribution in [0.4, 0.5) is 5.69 Å².